The summed E-state index contributed by atoms with van der Waals surface area (Å²) in [6, 6.07) is 5.69. The average molecular weight is 558 g/mol. The molecule has 1 aromatic rings. The summed E-state index contributed by atoms with van der Waals surface area (Å²) in [5.74, 6) is -2.15. The summed E-state index contributed by atoms with van der Waals surface area (Å²) in [4.78, 5) is 37.6. The summed E-state index contributed by atoms with van der Waals surface area (Å²) in [6.45, 7) is 2.85. The van der Waals surface area contributed by atoms with E-state index in [0.29, 0.717) is 19.4 Å². The molecule has 0 saturated carbocycles. The number of aliphatic hydroxyl groups is 1. The van der Waals surface area contributed by atoms with Crippen LogP contribution in [0.5, 0.6) is 0 Å². The Balaban J connectivity index is 1.98. The molecule has 0 aliphatic carbocycles. The minimum Gasteiger partial charge on any atom is -0.394 e. The number of nitrogens with one attached hydrogen (secondary N) is 3. The molecule has 1 heterocycles. The van der Waals surface area contributed by atoms with Crippen LogP contribution in [0.4, 0.5) is 0 Å². The highest BCUT2D eigenvalue weighted by atomic mass is 32.2. The van der Waals surface area contributed by atoms with Crippen molar-refractivity contribution in [2.24, 2.45) is 10.8 Å². The van der Waals surface area contributed by atoms with Crippen molar-refractivity contribution in [3.8, 4) is 0 Å². The second-order valence-corrected chi connectivity index (χ2v) is 10.5. The van der Waals surface area contributed by atoms with E-state index in [1.54, 1.807) is 37.3 Å². The van der Waals surface area contributed by atoms with Crippen molar-refractivity contribution in [1.82, 2.24) is 20.3 Å². The number of sulfonamides is 1. The van der Waals surface area contributed by atoms with E-state index in [9.17, 15) is 33.2 Å². The molecule has 1 saturated heterocycles. The number of ether oxygens (including phenoxy) is 1. The van der Waals surface area contributed by atoms with Gasteiger partial charge in [0.25, 0.3) is 5.96 Å². The number of nitro groups is 1. The fourth-order valence-electron chi connectivity index (χ4n) is 3.91. The molecule has 4 atom stereocenters. The number of aliphatic hydroxyl groups excluding tert-OH is 1. The highest BCUT2D eigenvalue weighted by molar-refractivity contribution is 7.89. The highest BCUT2D eigenvalue weighted by Gasteiger charge is 2.36. The van der Waals surface area contributed by atoms with Crippen LogP contribution in [-0.4, -0.2) is 91.1 Å². The predicted octanol–water partition coefficient (Wildman–Crippen LogP) is -1.54. The molecule has 4 unspecified atom stereocenters. The zero-order valence-electron chi connectivity index (χ0n) is 21.3. The van der Waals surface area contributed by atoms with Crippen LogP contribution in [0.3, 0.4) is 0 Å². The van der Waals surface area contributed by atoms with Crippen molar-refractivity contribution in [3.05, 3.63) is 46.0 Å². The molecule has 1 fully saturated rings. The van der Waals surface area contributed by atoms with Crippen LogP contribution >= 0.6 is 0 Å². The number of piperidine rings is 1. The van der Waals surface area contributed by atoms with Gasteiger partial charge < -0.3 is 31.1 Å². The normalized spacial score (nSPS) is 19.9. The summed E-state index contributed by atoms with van der Waals surface area (Å²) in [5.41, 5.74) is 6.54. The van der Waals surface area contributed by atoms with Gasteiger partial charge in [0.05, 0.1) is 18.4 Å². The number of nitrogens with zero attached hydrogens (tertiary/aromatic N) is 3. The number of hydrogen-bond donors (Lipinski definition) is 5. The number of hydrogen-bond acceptors (Lipinski definition) is 8. The van der Waals surface area contributed by atoms with Crippen LogP contribution in [0, 0.1) is 10.1 Å². The number of benzene rings is 1. The van der Waals surface area contributed by atoms with Crippen molar-refractivity contribution in [2.75, 3.05) is 25.5 Å². The number of hydrazone groups is 1. The number of aryl methyl sites for hydroxylation is 1. The number of carbonyl (C=O) groups excluding carboxylic acids is 2. The standard InChI is InChI=1S/C22H35N7O8S/c1-3-37-21-17(10-7-12-28(21)22(23)26-29(33)34)25-19(31)15(2)24-20(32)18(14-30)27-38(35,36)13-11-16-8-5-4-6-9-16/h4-6,8-9,15,17-18,21,27,30H,3,7,10-14H2,1-2H3,(H2,23,26)(H,24,32)(H,25,31). The molecule has 6 N–H and O–H groups in total. The smallest absolute Gasteiger partial charge is 0.270 e. The first-order chi connectivity index (χ1) is 18.0. The van der Waals surface area contributed by atoms with Gasteiger partial charge in [0, 0.05) is 13.2 Å². The molecule has 1 aliphatic heterocycles. The highest BCUT2D eigenvalue weighted by Crippen LogP contribution is 2.19. The SMILES string of the molecule is CCOC1C(NC(=O)C(C)NC(=O)C(CO)NS(=O)(=O)CCc2ccccc2)CCCN1/C(N)=N/[N+](=O)[O-]. The van der Waals surface area contributed by atoms with Crippen LogP contribution in [0.1, 0.15) is 32.3 Å². The fourth-order valence-corrected chi connectivity index (χ4v) is 5.15. The second kappa shape index (κ2) is 14.6. The minimum absolute atomic E-state index is 0.213. The van der Waals surface area contributed by atoms with Crippen LogP contribution in [0.15, 0.2) is 35.4 Å². The lowest BCUT2D eigenvalue weighted by Gasteiger charge is -2.41. The van der Waals surface area contributed by atoms with Gasteiger partial charge in [-0.05, 0) is 38.7 Å². The summed E-state index contributed by atoms with van der Waals surface area (Å²) in [5, 5.41) is 27.7. The molecule has 0 bridgehead atoms. The molecule has 2 amide bonds. The Morgan fingerprint density at radius 3 is 2.61 bits per heavy atom. The summed E-state index contributed by atoms with van der Waals surface area (Å²) in [6.07, 6.45) is 0.386. The van der Waals surface area contributed by atoms with Crippen LogP contribution in [0.2, 0.25) is 0 Å². The maximum atomic E-state index is 12.8. The van der Waals surface area contributed by atoms with E-state index in [1.807, 2.05) is 0 Å². The number of carbonyl (C=O) groups is 2. The van der Waals surface area contributed by atoms with Crippen LogP contribution in [0.25, 0.3) is 0 Å². The van der Waals surface area contributed by atoms with E-state index in [1.165, 1.54) is 11.8 Å². The number of guanidine groups is 1. The van der Waals surface area contributed by atoms with Gasteiger partial charge in [-0.1, -0.05) is 30.3 Å². The first-order valence-corrected chi connectivity index (χ1v) is 13.7. The van der Waals surface area contributed by atoms with Crippen molar-refractivity contribution in [1.29, 1.82) is 0 Å². The monoisotopic (exact) mass is 557 g/mol. The maximum absolute atomic E-state index is 12.8. The quantitative estimate of drug-likeness (QED) is 0.0814. The zero-order chi connectivity index (χ0) is 28.3. The van der Waals surface area contributed by atoms with E-state index in [-0.39, 0.29) is 24.7 Å². The Labute approximate surface area is 221 Å². The van der Waals surface area contributed by atoms with Crippen LogP contribution in [-0.2, 0) is 30.8 Å². The van der Waals surface area contributed by atoms with E-state index in [0.717, 1.165) is 5.56 Å². The Morgan fingerprint density at radius 2 is 2.00 bits per heavy atom. The lowest BCUT2D eigenvalue weighted by molar-refractivity contribution is -0.486. The molecule has 1 aromatic carbocycles. The molecular formula is C22H35N7O8S. The molecule has 16 heteroatoms. The van der Waals surface area contributed by atoms with Crippen molar-refractivity contribution in [2.45, 2.75) is 57.5 Å². The van der Waals surface area contributed by atoms with E-state index >= 15 is 0 Å². The van der Waals surface area contributed by atoms with Crippen molar-refractivity contribution >= 4 is 27.8 Å². The Kier molecular flexibility index (Phi) is 11.8. The van der Waals surface area contributed by atoms with Crippen molar-refractivity contribution < 1.29 is 32.9 Å². The molecule has 38 heavy (non-hydrogen) atoms. The average Bonchev–Trinajstić information content (AvgIpc) is 2.87. The number of nitrogens with two attached hydrogens (primary N) is 1. The molecule has 1 aliphatic rings. The summed E-state index contributed by atoms with van der Waals surface area (Å²) >= 11 is 0. The van der Waals surface area contributed by atoms with Gasteiger partial charge in [-0.2, -0.15) is 0 Å². The van der Waals surface area contributed by atoms with Gasteiger partial charge in [-0.25, -0.2) is 23.3 Å². The van der Waals surface area contributed by atoms with E-state index in [2.05, 4.69) is 20.5 Å². The first kappa shape index (κ1) is 30.9. The van der Waals surface area contributed by atoms with Gasteiger partial charge in [0.15, 0.2) is 11.3 Å². The maximum Gasteiger partial charge on any atom is 0.270 e. The third kappa shape index (κ3) is 9.51. The van der Waals surface area contributed by atoms with E-state index < -0.39 is 57.8 Å². The first-order valence-electron chi connectivity index (χ1n) is 12.1. The van der Waals surface area contributed by atoms with Gasteiger partial charge in [0.1, 0.15) is 17.2 Å². The molecule has 212 valence electrons. The summed E-state index contributed by atoms with van der Waals surface area (Å²) < 4.78 is 32.7. The zero-order valence-corrected chi connectivity index (χ0v) is 22.1. The Morgan fingerprint density at radius 1 is 1.32 bits per heavy atom. The third-order valence-electron chi connectivity index (χ3n) is 5.78. The lowest BCUT2D eigenvalue weighted by atomic mass is 10.0. The Hall–Kier alpha value is -3.34. The van der Waals surface area contributed by atoms with Gasteiger partial charge in [-0.15, -0.1) is 0 Å². The van der Waals surface area contributed by atoms with E-state index in [4.69, 9.17) is 10.5 Å². The van der Waals surface area contributed by atoms with Crippen LogP contribution < -0.4 is 21.1 Å². The fraction of sp³-hybridized carbons (Fsp3) is 0.591. The number of likely N-dealkylation sites (tertiary alicyclic amines) is 1. The molecule has 2 rings (SSSR count). The van der Waals surface area contributed by atoms with Crippen molar-refractivity contribution in [3.63, 3.8) is 0 Å². The number of rotatable bonds is 13. The van der Waals surface area contributed by atoms with Gasteiger partial charge in [0.2, 0.25) is 21.8 Å². The predicted molar refractivity (Wildman–Crippen MR) is 137 cm³/mol. The molecule has 0 aromatic heterocycles. The minimum atomic E-state index is -3.92. The molecule has 0 spiro atoms. The Bertz CT molecular complexity index is 1090. The number of amides is 2. The lowest BCUT2D eigenvalue weighted by Crippen LogP contribution is -2.62. The third-order valence-corrected chi connectivity index (χ3v) is 7.17. The van der Waals surface area contributed by atoms with Gasteiger partial charge >= 0.3 is 0 Å². The molecular weight excluding hydrogens is 522 g/mol. The largest absolute Gasteiger partial charge is 0.394 e. The molecule has 0 radical (unpaired) electrons. The topological polar surface area (TPSA) is 219 Å². The van der Waals surface area contributed by atoms with Gasteiger partial charge in [-0.3, -0.25) is 9.59 Å². The summed E-state index contributed by atoms with van der Waals surface area (Å²) in [7, 11) is -3.92. The second-order valence-electron chi connectivity index (χ2n) is 8.63. The molecule has 15 nitrogen and oxygen atoms in total.